The van der Waals surface area contributed by atoms with Gasteiger partial charge in [-0.15, -0.1) is 0 Å². The summed E-state index contributed by atoms with van der Waals surface area (Å²) in [5.41, 5.74) is 1.66. The zero-order valence-electron chi connectivity index (χ0n) is 13.9. The van der Waals surface area contributed by atoms with Crippen molar-refractivity contribution in [1.82, 2.24) is 25.1 Å². The summed E-state index contributed by atoms with van der Waals surface area (Å²) in [6.07, 6.45) is 5.76. The van der Waals surface area contributed by atoms with Crippen molar-refractivity contribution in [3.8, 4) is 23.1 Å². The third-order valence-electron chi connectivity index (χ3n) is 4.20. The van der Waals surface area contributed by atoms with Crippen molar-refractivity contribution in [1.29, 1.82) is 0 Å². The van der Waals surface area contributed by atoms with Gasteiger partial charge in [-0.05, 0) is 25.5 Å². The second-order valence-corrected chi connectivity index (χ2v) is 5.92. The summed E-state index contributed by atoms with van der Waals surface area (Å²) < 4.78 is 16.2. The Morgan fingerprint density at radius 1 is 1.20 bits per heavy atom. The van der Waals surface area contributed by atoms with E-state index in [1.165, 1.54) is 6.33 Å². The van der Waals surface area contributed by atoms with Crippen LogP contribution in [0.3, 0.4) is 0 Å². The third kappa shape index (κ3) is 3.28. The molecule has 1 aliphatic carbocycles. The van der Waals surface area contributed by atoms with Crippen LogP contribution in [-0.2, 0) is 0 Å². The molecule has 1 saturated carbocycles. The zero-order chi connectivity index (χ0) is 17.2. The van der Waals surface area contributed by atoms with Crippen molar-refractivity contribution >= 4 is 0 Å². The topological polar surface area (TPSA) is 96.1 Å². The molecule has 0 bridgehead atoms. The predicted molar refractivity (Wildman–Crippen MR) is 87.2 cm³/mol. The summed E-state index contributed by atoms with van der Waals surface area (Å²) in [5.74, 6) is 3.01. The third-order valence-corrected chi connectivity index (χ3v) is 4.20. The average Bonchev–Trinajstić information content (AvgIpc) is 3.21. The van der Waals surface area contributed by atoms with Crippen LogP contribution < -0.4 is 9.47 Å². The Balaban J connectivity index is 1.43. The lowest BCUT2D eigenvalue weighted by atomic mass is 10.2. The number of pyridine rings is 1. The molecule has 3 aromatic rings. The lowest BCUT2D eigenvalue weighted by Gasteiger charge is -2.08. The molecule has 0 saturated heterocycles. The van der Waals surface area contributed by atoms with Crippen molar-refractivity contribution in [2.75, 3.05) is 13.7 Å². The first-order valence-corrected chi connectivity index (χ1v) is 7.98. The highest BCUT2D eigenvalue weighted by atomic mass is 16.5. The SMILES string of the molecule is COc1ccc(C2CC2COc2nc(C)ncc2-c2ncno2)nc1. The number of hydrogen-bond acceptors (Lipinski definition) is 8. The molecule has 4 rings (SSSR count). The van der Waals surface area contributed by atoms with Crippen LogP contribution >= 0.6 is 0 Å². The average molecular weight is 339 g/mol. The molecule has 3 aromatic heterocycles. The molecule has 0 radical (unpaired) electrons. The molecule has 128 valence electrons. The fourth-order valence-electron chi connectivity index (χ4n) is 2.71. The molecule has 2 unspecified atom stereocenters. The van der Waals surface area contributed by atoms with E-state index in [1.54, 1.807) is 19.5 Å². The van der Waals surface area contributed by atoms with Crippen molar-refractivity contribution in [2.45, 2.75) is 19.3 Å². The van der Waals surface area contributed by atoms with Gasteiger partial charge in [0.05, 0.1) is 19.9 Å². The lowest BCUT2D eigenvalue weighted by molar-refractivity contribution is 0.284. The maximum absolute atomic E-state index is 5.93. The first-order chi connectivity index (χ1) is 12.2. The van der Waals surface area contributed by atoms with Gasteiger partial charge < -0.3 is 14.0 Å². The van der Waals surface area contributed by atoms with Gasteiger partial charge in [-0.3, -0.25) is 4.98 Å². The molecule has 2 atom stereocenters. The quantitative estimate of drug-likeness (QED) is 0.675. The summed E-state index contributed by atoms with van der Waals surface area (Å²) in [7, 11) is 1.63. The molecule has 8 nitrogen and oxygen atoms in total. The Morgan fingerprint density at radius 2 is 2.12 bits per heavy atom. The highest BCUT2D eigenvalue weighted by molar-refractivity contribution is 5.58. The van der Waals surface area contributed by atoms with E-state index in [2.05, 4.69) is 25.1 Å². The Hall–Kier alpha value is -3.03. The van der Waals surface area contributed by atoms with Crippen LogP contribution in [0.4, 0.5) is 0 Å². The Morgan fingerprint density at radius 3 is 2.84 bits per heavy atom. The van der Waals surface area contributed by atoms with Crippen LogP contribution in [-0.4, -0.2) is 38.8 Å². The number of aromatic nitrogens is 5. The van der Waals surface area contributed by atoms with Crippen LogP contribution in [0.2, 0.25) is 0 Å². The Kier molecular flexibility index (Phi) is 4.01. The standard InChI is InChI=1S/C17H17N5O3/c1-10-18-7-14(16-20-9-21-25-16)17(22-10)24-8-11-5-13(11)15-4-3-12(23-2)6-19-15/h3-4,6-7,9,11,13H,5,8H2,1-2H3. The first kappa shape index (κ1) is 15.5. The molecular weight excluding hydrogens is 322 g/mol. The van der Waals surface area contributed by atoms with E-state index in [9.17, 15) is 0 Å². The molecule has 25 heavy (non-hydrogen) atoms. The normalized spacial score (nSPS) is 18.8. The zero-order valence-corrected chi connectivity index (χ0v) is 13.9. The molecule has 0 N–H and O–H groups in total. The molecule has 8 heteroatoms. The van der Waals surface area contributed by atoms with Crippen molar-refractivity contribution < 1.29 is 14.0 Å². The van der Waals surface area contributed by atoms with Crippen molar-refractivity contribution in [2.24, 2.45) is 5.92 Å². The van der Waals surface area contributed by atoms with E-state index in [4.69, 9.17) is 14.0 Å². The fraction of sp³-hybridized carbons (Fsp3) is 0.353. The van der Waals surface area contributed by atoms with Gasteiger partial charge in [-0.1, -0.05) is 5.16 Å². The summed E-state index contributed by atoms with van der Waals surface area (Å²) in [6.45, 7) is 2.36. The van der Waals surface area contributed by atoms with Crippen LogP contribution in [0.1, 0.15) is 23.9 Å². The Labute approximate surface area is 144 Å². The number of rotatable bonds is 6. The maximum Gasteiger partial charge on any atom is 0.264 e. The largest absolute Gasteiger partial charge is 0.495 e. The number of hydrogen-bond donors (Lipinski definition) is 0. The van der Waals surface area contributed by atoms with E-state index in [-0.39, 0.29) is 0 Å². The minimum absolute atomic E-state index is 0.346. The number of methoxy groups -OCH3 is 1. The van der Waals surface area contributed by atoms with Gasteiger partial charge in [0, 0.05) is 23.7 Å². The lowest BCUT2D eigenvalue weighted by Crippen LogP contribution is -2.05. The summed E-state index contributed by atoms with van der Waals surface area (Å²) >= 11 is 0. The van der Waals surface area contributed by atoms with E-state index in [1.807, 2.05) is 19.1 Å². The van der Waals surface area contributed by atoms with Crippen LogP contribution in [0, 0.1) is 12.8 Å². The second-order valence-electron chi connectivity index (χ2n) is 5.92. The van der Waals surface area contributed by atoms with Gasteiger partial charge in [-0.2, -0.15) is 9.97 Å². The molecule has 0 aromatic carbocycles. The first-order valence-electron chi connectivity index (χ1n) is 7.98. The second kappa shape index (κ2) is 6.46. The van der Waals surface area contributed by atoms with Gasteiger partial charge in [0.1, 0.15) is 17.1 Å². The van der Waals surface area contributed by atoms with Crippen LogP contribution in [0.25, 0.3) is 11.5 Å². The monoisotopic (exact) mass is 339 g/mol. The minimum Gasteiger partial charge on any atom is -0.495 e. The number of ether oxygens (including phenoxy) is 2. The summed E-state index contributed by atoms with van der Waals surface area (Å²) in [4.78, 5) is 17.0. The summed E-state index contributed by atoms with van der Waals surface area (Å²) in [6, 6.07) is 3.93. The van der Waals surface area contributed by atoms with Crippen LogP contribution in [0.5, 0.6) is 11.6 Å². The molecule has 1 fully saturated rings. The van der Waals surface area contributed by atoms with Crippen molar-refractivity contribution in [3.63, 3.8) is 0 Å². The molecule has 1 aliphatic rings. The van der Waals surface area contributed by atoms with E-state index in [0.717, 1.165) is 17.9 Å². The molecule has 3 heterocycles. The number of aryl methyl sites for hydroxylation is 1. The van der Waals surface area contributed by atoms with Gasteiger partial charge >= 0.3 is 0 Å². The number of nitrogens with zero attached hydrogens (tertiary/aromatic N) is 5. The van der Waals surface area contributed by atoms with Gasteiger partial charge in [0.15, 0.2) is 6.33 Å². The smallest absolute Gasteiger partial charge is 0.264 e. The molecule has 0 aliphatic heterocycles. The van der Waals surface area contributed by atoms with Gasteiger partial charge in [0.25, 0.3) is 5.89 Å². The van der Waals surface area contributed by atoms with E-state index in [0.29, 0.717) is 41.6 Å². The fourth-order valence-corrected chi connectivity index (χ4v) is 2.71. The van der Waals surface area contributed by atoms with Crippen molar-refractivity contribution in [3.05, 3.63) is 42.4 Å². The maximum atomic E-state index is 5.93. The summed E-state index contributed by atoms with van der Waals surface area (Å²) in [5, 5.41) is 3.62. The van der Waals surface area contributed by atoms with E-state index >= 15 is 0 Å². The molecule has 0 amide bonds. The minimum atomic E-state index is 0.346. The molecule has 0 spiro atoms. The Bertz CT molecular complexity index is 851. The van der Waals surface area contributed by atoms with Gasteiger partial charge in [0.2, 0.25) is 5.88 Å². The highest BCUT2D eigenvalue weighted by Crippen LogP contribution is 2.47. The van der Waals surface area contributed by atoms with Crippen LogP contribution in [0.15, 0.2) is 35.4 Å². The van der Waals surface area contributed by atoms with Gasteiger partial charge in [-0.25, -0.2) is 4.98 Å². The predicted octanol–water partition coefficient (Wildman–Crippen LogP) is 2.42. The molecular formula is C17H17N5O3. The highest BCUT2D eigenvalue weighted by Gasteiger charge is 2.40. The van der Waals surface area contributed by atoms with E-state index < -0.39 is 0 Å².